The molecule has 0 atom stereocenters. The molecule has 0 radical (unpaired) electrons. The van der Waals surface area contributed by atoms with Crippen molar-refractivity contribution in [3.63, 3.8) is 0 Å². The van der Waals surface area contributed by atoms with Crippen molar-refractivity contribution < 1.29 is 27.7 Å². The molecule has 0 aliphatic heterocycles. The third-order valence-electron chi connectivity index (χ3n) is 4.45. The number of hydrogen-bond donors (Lipinski definition) is 0. The van der Waals surface area contributed by atoms with E-state index in [0.29, 0.717) is 5.56 Å². The lowest BCUT2D eigenvalue weighted by atomic mass is 10.1. The molecule has 0 aliphatic carbocycles. The molecule has 0 unspecified atom stereocenters. The number of esters is 1. The van der Waals surface area contributed by atoms with Gasteiger partial charge in [0.15, 0.2) is 16.4 Å². The topological polar surface area (TPSA) is 126 Å². The second kappa shape index (κ2) is 8.56. The van der Waals surface area contributed by atoms with Gasteiger partial charge >= 0.3 is 5.97 Å². The van der Waals surface area contributed by atoms with Gasteiger partial charge in [-0.2, -0.15) is 0 Å². The molecule has 0 fully saturated rings. The Morgan fingerprint density at radius 1 is 1.21 bits per heavy atom. The van der Waals surface area contributed by atoms with Gasteiger partial charge < -0.3 is 9.30 Å². The molecule has 29 heavy (non-hydrogen) atoms. The standard InChI is InChI=1S/C19H22N2O7S/c1-5-8-20-12(2)9-15(13(20)3)17(22)11-28-19(23)14-6-7-18(29(4,26)27)16(10-14)21(24)25/h6-7,9-10H,5,8,11H2,1-4H3. The van der Waals surface area contributed by atoms with Gasteiger partial charge in [0.05, 0.1) is 10.5 Å². The van der Waals surface area contributed by atoms with E-state index >= 15 is 0 Å². The van der Waals surface area contributed by atoms with E-state index in [1.165, 1.54) is 0 Å². The van der Waals surface area contributed by atoms with Crippen LogP contribution in [0.25, 0.3) is 0 Å². The first-order chi connectivity index (χ1) is 13.5. The van der Waals surface area contributed by atoms with Crippen LogP contribution in [0.2, 0.25) is 0 Å². The van der Waals surface area contributed by atoms with Gasteiger partial charge in [0, 0.05) is 35.8 Å². The summed E-state index contributed by atoms with van der Waals surface area (Å²) in [5.74, 6) is -1.35. The lowest BCUT2D eigenvalue weighted by molar-refractivity contribution is -0.387. The van der Waals surface area contributed by atoms with Crippen LogP contribution in [0.5, 0.6) is 0 Å². The van der Waals surface area contributed by atoms with E-state index in [1.807, 2.05) is 25.3 Å². The molecule has 1 aromatic heterocycles. The first kappa shape index (κ1) is 22.3. The molecule has 2 rings (SSSR count). The van der Waals surface area contributed by atoms with Crippen molar-refractivity contribution in [2.45, 2.75) is 38.6 Å². The van der Waals surface area contributed by atoms with Gasteiger partial charge in [0.25, 0.3) is 5.69 Å². The monoisotopic (exact) mass is 422 g/mol. The van der Waals surface area contributed by atoms with E-state index in [1.54, 1.807) is 6.07 Å². The molecule has 2 aromatic rings. The smallest absolute Gasteiger partial charge is 0.338 e. The summed E-state index contributed by atoms with van der Waals surface area (Å²) >= 11 is 0. The Balaban J connectivity index is 2.19. The van der Waals surface area contributed by atoms with E-state index in [0.717, 1.165) is 48.8 Å². The predicted octanol–water partition coefficient (Wildman–Crippen LogP) is 2.87. The first-order valence-electron chi connectivity index (χ1n) is 8.82. The number of hydrogen-bond acceptors (Lipinski definition) is 7. The maximum atomic E-state index is 12.5. The van der Waals surface area contributed by atoms with Crippen LogP contribution in [0.4, 0.5) is 5.69 Å². The average Bonchev–Trinajstić information content (AvgIpc) is 2.93. The van der Waals surface area contributed by atoms with E-state index in [4.69, 9.17) is 4.74 Å². The number of nitro benzene ring substituents is 1. The van der Waals surface area contributed by atoms with Gasteiger partial charge in [0.1, 0.15) is 4.90 Å². The minimum absolute atomic E-state index is 0.214. The summed E-state index contributed by atoms with van der Waals surface area (Å²) in [6.07, 6.45) is 1.74. The van der Waals surface area contributed by atoms with Gasteiger partial charge in [0.2, 0.25) is 5.78 Å². The summed E-state index contributed by atoms with van der Waals surface area (Å²) in [7, 11) is -3.84. The van der Waals surface area contributed by atoms with Crippen molar-refractivity contribution in [3.8, 4) is 0 Å². The average molecular weight is 422 g/mol. The number of ether oxygens (including phenoxy) is 1. The van der Waals surface area contributed by atoms with Gasteiger partial charge in [-0.05, 0) is 38.5 Å². The number of carbonyl (C=O) groups is 2. The van der Waals surface area contributed by atoms with Gasteiger partial charge in [-0.25, -0.2) is 13.2 Å². The molecule has 9 nitrogen and oxygen atoms in total. The molecule has 10 heteroatoms. The SMILES string of the molecule is CCCn1c(C)cc(C(=O)COC(=O)c2ccc(S(C)(=O)=O)c([N+](=O)[O-])c2)c1C. The molecule has 156 valence electrons. The first-order valence-corrected chi connectivity index (χ1v) is 10.7. The third-order valence-corrected chi connectivity index (χ3v) is 5.59. The quantitative estimate of drug-likeness (QED) is 0.277. The second-order valence-corrected chi connectivity index (χ2v) is 8.63. The molecule has 0 saturated carbocycles. The Hall–Kier alpha value is -3.01. The summed E-state index contributed by atoms with van der Waals surface area (Å²) < 4.78 is 30.3. The fourth-order valence-corrected chi connectivity index (χ4v) is 3.87. The summed E-state index contributed by atoms with van der Waals surface area (Å²) in [6.45, 7) is 5.95. The Kier molecular flexibility index (Phi) is 6.58. The zero-order valence-electron chi connectivity index (χ0n) is 16.6. The van der Waals surface area contributed by atoms with Crippen LogP contribution < -0.4 is 0 Å². The van der Waals surface area contributed by atoms with Crippen LogP contribution >= 0.6 is 0 Å². The fraction of sp³-hybridized carbons (Fsp3) is 0.368. The van der Waals surface area contributed by atoms with E-state index in [2.05, 4.69) is 0 Å². The molecular weight excluding hydrogens is 400 g/mol. The van der Waals surface area contributed by atoms with Crippen molar-refractivity contribution in [2.24, 2.45) is 0 Å². The lowest BCUT2D eigenvalue weighted by Crippen LogP contribution is -2.15. The zero-order valence-corrected chi connectivity index (χ0v) is 17.4. The number of sulfone groups is 1. The number of carbonyl (C=O) groups excluding carboxylic acids is 2. The molecule has 1 heterocycles. The largest absolute Gasteiger partial charge is 0.454 e. The number of benzene rings is 1. The van der Waals surface area contributed by atoms with E-state index < -0.39 is 43.7 Å². The Bertz CT molecular complexity index is 1080. The summed E-state index contributed by atoms with van der Waals surface area (Å²) in [6, 6.07) is 4.65. The number of nitrogens with zero attached hydrogens (tertiary/aromatic N) is 2. The Morgan fingerprint density at radius 2 is 1.86 bits per heavy atom. The number of Topliss-reactive ketones (excluding diaryl/α,β-unsaturated/α-hetero) is 1. The van der Waals surface area contributed by atoms with Crippen molar-refractivity contribution in [1.29, 1.82) is 0 Å². The minimum atomic E-state index is -3.84. The van der Waals surface area contributed by atoms with Crippen molar-refractivity contribution in [1.82, 2.24) is 4.57 Å². The molecule has 0 saturated heterocycles. The second-order valence-electron chi connectivity index (χ2n) is 6.65. The number of ketones is 1. The summed E-state index contributed by atoms with van der Waals surface area (Å²) in [5.41, 5.74) is 1.21. The molecule has 0 bridgehead atoms. The lowest BCUT2D eigenvalue weighted by Gasteiger charge is -2.08. The highest BCUT2D eigenvalue weighted by Crippen LogP contribution is 2.25. The van der Waals surface area contributed by atoms with Crippen molar-refractivity contribution >= 4 is 27.3 Å². The fourth-order valence-electron chi connectivity index (χ4n) is 3.04. The molecule has 0 N–H and O–H groups in total. The Morgan fingerprint density at radius 3 is 2.41 bits per heavy atom. The zero-order chi connectivity index (χ0) is 21.9. The van der Waals surface area contributed by atoms with Crippen LogP contribution in [-0.2, 0) is 21.1 Å². The molecule has 0 spiro atoms. The van der Waals surface area contributed by atoms with E-state index in [-0.39, 0.29) is 5.56 Å². The number of rotatable bonds is 8. The van der Waals surface area contributed by atoms with Gasteiger partial charge in [-0.3, -0.25) is 14.9 Å². The molecule has 0 aliphatic rings. The van der Waals surface area contributed by atoms with Crippen molar-refractivity contribution in [3.05, 3.63) is 56.9 Å². The highest BCUT2D eigenvalue weighted by atomic mass is 32.2. The predicted molar refractivity (Wildman–Crippen MR) is 105 cm³/mol. The molecule has 0 amide bonds. The van der Waals surface area contributed by atoms with Crippen LogP contribution in [0.1, 0.15) is 45.4 Å². The number of aromatic nitrogens is 1. The third kappa shape index (κ3) is 4.89. The van der Waals surface area contributed by atoms with Gasteiger partial charge in [-0.1, -0.05) is 6.92 Å². The summed E-state index contributed by atoms with van der Waals surface area (Å²) in [5, 5.41) is 11.2. The Labute approximate surface area is 168 Å². The summed E-state index contributed by atoms with van der Waals surface area (Å²) in [4.78, 5) is 34.4. The molecular formula is C19H22N2O7S. The van der Waals surface area contributed by atoms with Crippen molar-refractivity contribution in [2.75, 3.05) is 12.9 Å². The number of nitro groups is 1. The highest BCUT2D eigenvalue weighted by Gasteiger charge is 2.25. The number of aryl methyl sites for hydroxylation is 1. The van der Waals surface area contributed by atoms with Crippen LogP contribution in [-0.4, -0.2) is 42.5 Å². The highest BCUT2D eigenvalue weighted by molar-refractivity contribution is 7.90. The van der Waals surface area contributed by atoms with Crippen LogP contribution in [0.15, 0.2) is 29.2 Å². The van der Waals surface area contributed by atoms with Crippen LogP contribution in [0.3, 0.4) is 0 Å². The molecule has 1 aromatic carbocycles. The maximum absolute atomic E-state index is 12.5. The maximum Gasteiger partial charge on any atom is 0.338 e. The minimum Gasteiger partial charge on any atom is -0.454 e. The van der Waals surface area contributed by atoms with Crippen LogP contribution in [0, 0.1) is 24.0 Å². The van der Waals surface area contributed by atoms with Gasteiger partial charge in [-0.15, -0.1) is 0 Å². The normalized spacial score (nSPS) is 11.3. The van der Waals surface area contributed by atoms with E-state index in [9.17, 15) is 28.1 Å².